The molecule has 1 unspecified atom stereocenters. The van der Waals surface area contributed by atoms with Crippen LogP contribution in [0.5, 0.6) is 11.5 Å². The van der Waals surface area contributed by atoms with Crippen molar-refractivity contribution in [2.45, 2.75) is 39.5 Å². The third-order valence-electron chi connectivity index (χ3n) is 5.47. The van der Waals surface area contributed by atoms with Crippen LogP contribution in [0, 0.1) is 6.92 Å². The highest BCUT2D eigenvalue weighted by Crippen LogP contribution is 2.41. The van der Waals surface area contributed by atoms with E-state index in [2.05, 4.69) is 0 Å². The molecule has 1 saturated heterocycles. The fourth-order valence-electron chi connectivity index (χ4n) is 3.96. The molecule has 7 nitrogen and oxygen atoms in total. The van der Waals surface area contributed by atoms with Crippen LogP contribution in [0.4, 0.5) is 0 Å². The summed E-state index contributed by atoms with van der Waals surface area (Å²) in [5.41, 5.74) is 1.76. The molecule has 7 heteroatoms. The van der Waals surface area contributed by atoms with Crippen LogP contribution >= 0.6 is 0 Å². The average molecular weight is 447 g/mol. The van der Waals surface area contributed by atoms with Crippen molar-refractivity contribution >= 4 is 17.4 Å². The zero-order valence-corrected chi connectivity index (χ0v) is 18.6. The highest BCUT2D eigenvalue weighted by Gasteiger charge is 2.46. The normalized spacial score (nSPS) is 17.7. The maximum atomic E-state index is 13.1. The summed E-state index contributed by atoms with van der Waals surface area (Å²) >= 11 is 0. The Bertz CT molecular complexity index is 1210. The van der Waals surface area contributed by atoms with Gasteiger partial charge >= 0.3 is 0 Å². The zero-order chi connectivity index (χ0) is 23.7. The monoisotopic (exact) mass is 447 g/mol. The van der Waals surface area contributed by atoms with Crippen molar-refractivity contribution < 1.29 is 29.0 Å². The number of carbonyl (C=O) groups is 2. The minimum atomic E-state index is -0.845. The third-order valence-corrected chi connectivity index (χ3v) is 5.47. The Hall–Kier alpha value is -4.00. The van der Waals surface area contributed by atoms with Crippen molar-refractivity contribution in [2.75, 3.05) is 0 Å². The minimum absolute atomic E-state index is 0.00966. The summed E-state index contributed by atoms with van der Waals surface area (Å²) in [6, 6.07) is 13.9. The zero-order valence-electron chi connectivity index (χ0n) is 18.6. The smallest absolute Gasteiger partial charge is 0.296 e. The first-order chi connectivity index (χ1) is 15.8. The van der Waals surface area contributed by atoms with Gasteiger partial charge in [0, 0.05) is 5.56 Å². The van der Waals surface area contributed by atoms with E-state index in [1.807, 2.05) is 20.8 Å². The average Bonchev–Trinajstić information content (AvgIpc) is 3.37. The molecule has 1 aliphatic rings. The molecule has 33 heavy (non-hydrogen) atoms. The summed E-state index contributed by atoms with van der Waals surface area (Å²) < 4.78 is 11.1. The summed E-state index contributed by atoms with van der Waals surface area (Å²) in [6.45, 7) is 5.75. The van der Waals surface area contributed by atoms with Crippen LogP contribution < -0.4 is 4.74 Å². The molecule has 0 aliphatic carbocycles. The summed E-state index contributed by atoms with van der Waals surface area (Å²) in [5.74, 6) is -0.549. The van der Waals surface area contributed by atoms with Gasteiger partial charge in [0.15, 0.2) is 0 Å². The van der Waals surface area contributed by atoms with Gasteiger partial charge in [-0.2, -0.15) is 0 Å². The molecule has 0 bridgehead atoms. The van der Waals surface area contributed by atoms with Crippen LogP contribution in [0.2, 0.25) is 0 Å². The number of furan rings is 1. The van der Waals surface area contributed by atoms with E-state index >= 15 is 0 Å². The van der Waals surface area contributed by atoms with E-state index < -0.39 is 17.7 Å². The van der Waals surface area contributed by atoms with Gasteiger partial charge in [0.05, 0.1) is 30.5 Å². The SMILES string of the molecule is Cc1cc(/C(O)=C2/C(=O)C(=O)N(Cc3ccco3)C2c2ccc(O)cc2)ccc1OC(C)C. The van der Waals surface area contributed by atoms with E-state index in [0.717, 1.165) is 5.56 Å². The van der Waals surface area contributed by atoms with Crippen LogP contribution in [0.1, 0.15) is 42.3 Å². The number of hydrogen-bond donors (Lipinski definition) is 2. The first-order valence-corrected chi connectivity index (χ1v) is 10.6. The molecule has 2 aromatic carbocycles. The standard InChI is InChI=1S/C26H25NO6/c1-15(2)33-21-11-8-18(13-16(21)3)24(29)22-23(17-6-9-19(28)10-7-17)27(26(31)25(22)30)14-20-5-4-12-32-20/h4-13,15,23,28-29H,14H2,1-3H3/b24-22-. The number of amides is 1. The van der Waals surface area contributed by atoms with Gasteiger partial charge in [-0.1, -0.05) is 12.1 Å². The number of aliphatic hydroxyl groups excluding tert-OH is 1. The quantitative estimate of drug-likeness (QED) is 0.323. The molecule has 2 N–H and O–H groups in total. The number of phenolic OH excluding ortho intramolecular Hbond substituents is 1. The predicted octanol–water partition coefficient (Wildman–Crippen LogP) is 4.70. The second kappa shape index (κ2) is 8.86. The number of nitrogens with zero attached hydrogens (tertiary/aromatic N) is 1. The summed E-state index contributed by atoms with van der Waals surface area (Å²) in [4.78, 5) is 27.4. The largest absolute Gasteiger partial charge is 0.508 e. The Morgan fingerprint density at radius 2 is 1.85 bits per heavy atom. The topological polar surface area (TPSA) is 100 Å². The Labute approximate surface area is 191 Å². The second-order valence-corrected chi connectivity index (χ2v) is 8.24. The molecule has 1 aliphatic heterocycles. The van der Waals surface area contributed by atoms with Gasteiger partial charge in [-0.3, -0.25) is 9.59 Å². The lowest BCUT2D eigenvalue weighted by atomic mass is 9.94. The Balaban J connectivity index is 1.82. The number of rotatable bonds is 6. The van der Waals surface area contributed by atoms with E-state index in [4.69, 9.17) is 9.15 Å². The highest BCUT2D eigenvalue weighted by atomic mass is 16.5. The fourth-order valence-corrected chi connectivity index (χ4v) is 3.96. The number of carbonyl (C=O) groups excluding carboxylic acids is 2. The molecule has 1 aromatic heterocycles. The first kappa shape index (κ1) is 22.2. The van der Waals surface area contributed by atoms with Gasteiger partial charge in [0.25, 0.3) is 11.7 Å². The number of hydrogen-bond acceptors (Lipinski definition) is 6. The van der Waals surface area contributed by atoms with Crippen LogP contribution in [0.3, 0.4) is 0 Å². The predicted molar refractivity (Wildman–Crippen MR) is 122 cm³/mol. The number of benzene rings is 2. The molecular weight excluding hydrogens is 422 g/mol. The van der Waals surface area contributed by atoms with Gasteiger partial charge in [0.2, 0.25) is 0 Å². The molecule has 0 spiro atoms. The molecule has 1 atom stereocenters. The number of aliphatic hydroxyl groups is 1. The lowest BCUT2D eigenvalue weighted by molar-refractivity contribution is -0.140. The number of phenols is 1. The van der Waals surface area contributed by atoms with Gasteiger partial charge in [0.1, 0.15) is 23.0 Å². The molecule has 0 saturated carbocycles. The Kier molecular flexibility index (Phi) is 5.96. The highest BCUT2D eigenvalue weighted by molar-refractivity contribution is 6.46. The molecule has 0 radical (unpaired) electrons. The van der Waals surface area contributed by atoms with Crippen LogP contribution in [-0.2, 0) is 16.1 Å². The number of ketones is 1. The van der Waals surface area contributed by atoms with Crippen LogP contribution in [-0.4, -0.2) is 32.9 Å². The van der Waals surface area contributed by atoms with Crippen molar-refractivity contribution in [3.8, 4) is 11.5 Å². The Morgan fingerprint density at radius 1 is 1.12 bits per heavy atom. The van der Waals surface area contributed by atoms with E-state index in [0.29, 0.717) is 22.6 Å². The van der Waals surface area contributed by atoms with Gasteiger partial charge < -0.3 is 24.3 Å². The van der Waals surface area contributed by atoms with Gasteiger partial charge in [-0.25, -0.2) is 0 Å². The van der Waals surface area contributed by atoms with Crippen molar-refractivity contribution in [3.63, 3.8) is 0 Å². The molecule has 1 fully saturated rings. The van der Waals surface area contributed by atoms with E-state index in [1.165, 1.54) is 23.3 Å². The fraction of sp³-hybridized carbons (Fsp3) is 0.231. The van der Waals surface area contributed by atoms with Crippen molar-refractivity contribution in [1.29, 1.82) is 0 Å². The molecule has 3 aromatic rings. The maximum absolute atomic E-state index is 13.1. The molecule has 4 rings (SSSR count). The van der Waals surface area contributed by atoms with Crippen molar-refractivity contribution in [1.82, 2.24) is 4.90 Å². The molecular formula is C26H25NO6. The van der Waals surface area contributed by atoms with Crippen molar-refractivity contribution in [3.05, 3.63) is 88.9 Å². The minimum Gasteiger partial charge on any atom is -0.508 e. The molecule has 2 heterocycles. The summed E-state index contributed by atoms with van der Waals surface area (Å²) in [6.07, 6.45) is 1.48. The van der Waals surface area contributed by atoms with E-state index in [9.17, 15) is 19.8 Å². The number of aryl methyl sites for hydroxylation is 1. The van der Waals surface area contributed by atoms with Gasteiger partial charge in [-0.15, -0.1) is 0 Å². The van der Waals surface area contributed by atoms with Crippen LogP contribution in [0.25, 0.3) is 5.76 Å². The number of ether oxygens (including phenoxy) is 1. The van der Waals surface area contributed by atoms with Gasteiger partial charge in [-0.05, 0) is 74.4 Å². The summed E-state index contributed by atoms with van der Waals surface area (Å²) in [5, 5.41) is 20.9. The maximum Gasteiger partial charge on any atom is 0.296 e. The number of Topliss-reactive ketones (excluding diaryl/α,β-unsaturated/α-hetero) is 1. The molecule has 170 valence electrons. The first-order valence-electron chi connectivity index (χ1n) is 10.6. The van der Waals surface area contributed by atoms with E-state index in [1.54, 1.807) is 42.5 Å². The lowest BCUT2D eigenvalue weighted by Crippen LogP contribution is -2.29. The lowest BCUT2D eigenvalue weighted by Gasteiger charge is -2.24. The van der Waals surface area contributed by atoms with Crippen molar-refractivity contribution in [2.24, 2.45) is 0 Å². The third kappa shape index (κ3) is 4.35. The Morgan fingerprint density at radius 3 is 2.45 bits per heavy atom. The second-order valence-electron chi connectivity index (χ2n) is 8.24. The van der Waals surface area contributed by atoms with Crippen LogP contribution in [0.15, 0.2) is 70.9 Å². The van der Waals surface area contributed by atoms with E-state index in [-0.39, 0.29) is 29.7 Å². The molecule has 1 amide bonds. The summed E-state index contributed by atoms with van der Waals surface area (Å²) in [7, 11) is 0. The number of likely N-dealkylation sites (tertiary alicyclic amines) is 1. The number of aromatic hydroxyl groups is 1.